The van der Waals surface area contributed by atoms with E-state index in [1.807, 2.05) is 18.6 Å². The minimum Gasteiger partial charge on any atom is -0.376 e. The Kier molecular flexibility index (Phi) is 9.43. The zero-order valence-corrected chi connectivity index (χ0v) is 18.0. The van der Waals surface area contributed by atoms with Crippen molar-refractivity contribution in [2.24, 2.45) is 4.99 Å². The summed E-state index contributed by atoms with van der Waals surface area (Å²) in [6, 6.07) is 0. The molecule has 0 radical (unpaired) electrons. The molecule has 25 heavy (non-hydrogen) atoms. The largest absolute Gasteiger partial charge is 0.376 e. The summed E-state index contributed by atoms with van der Waals surface area (Å²) < 4.78 is 11.8. The molecule has 142 valence electrons. The van der Waals surface area contributed by atoms with E-state index in [9.17, 15) is 0 Å². The van der Waals surface area contributed by atoms with Crippen LogP contribution in [0.15, 0.2) is 16.6 Å². The van der Waals surface area contributed by atoms with E-state index in [1.165, 1.54) is 12.8 Å². The molecule has 0 saturated carbocycles. The number of ether oxygens (including phenoxy) is 2. The van der Waals surface area contributed by atoms with Gasteiger partial charge in [0.15, 0.2) is 5.96 Å². The lowest BCUT2D eigenvalue weighted by molar-refractivity contribution is -0.0721. The lowest BCUT2D eigenvalue weighted by Gasteiger charge is -2.35. The summed E-state index contributed by atoms with van der Waals surface area (Å²) in [4.78, 5) is 11.0. The molecule has 0 aromatic carbocycles. The molecule has 0 amide bonds. The molecule has 2 fully saturated rings. The van der Waals surface area contributed by atoms with Crippen LogP contribution in [0.2, 0.25) is 0 Å². The second-order valence-corrected chi connectivity index (χ2v) is 7.31. The Morgan fingerprint density at radius 3 is 2.88 bits per heavy atom. The fourth-order valence-corrected chi connectivity index (χ4v) is 3.80. The molecule has 1 atom stereocenters. The Hall–Kier alpha value is -0.450. The highest BCUT2D eigenvalue weighted by Crippen LogP contribution is 2.18. The number of likely N-dealkylation sites (tertiary alicyclic amines) is 1. The average molecular weight is 480 g/mol. The molecule has 0 spiro atoms. The van der Waals surface area contributed by atoms with E-state index in [4.69, 9.17) is 9.47 Å². The van der Waals surface area contributed by atoms with Crippen molar-refractivity contribution >= 4 is 41.3 Å². The Labute approximate surface area is 171 Å². The number of halogens is 1. The van der Waals surface area contributed by atoms with Crippen LogP contribution in [0.3, 0.4) is 0 Å². The molecule has 2 saturated heterocycles. The third kappa shape index (κ3) is 6.65. The summed E-state index contributed by atoms with van der Waals surface area (Å²) >= 11 is 1.66. The molecule has 2 aliphatic rings. The van der Waals surface area contributed by atoms with Gasteiger partial charge in [0.25, 0.3) is 0 Å². The van der Waals surface area contributed by atoms with Crippen LogP contribution in [0.5, 0.6) is 0 Å². The SMILES string of the molecule is CN=C(NCc1nccs1)N1CCC(OCC2CCCCO2)CC1.I. The highest BCUT2D eigenvalue weighted by atomic mass is 127. The predicted octanol–water partition coefficient (Wildman–Crippen LogP) is 2.89. The maximum absolute atomic E-state index is 6.08. The minimum atomic E-state index is 0. The van der Waals surface area contributed by atoms with E-state index in [1.54, 1.807) is 11.3 Å². The minimum absolute atomic E-state index is 0. The van der Waals surface area contributed by atoms with Crippen molar-refractivity contribution in [3.63, 3.8) is 0 Å². The number of thiazole rings is 1. The van der Waals surface area contributed by atoms with Gasteiger partial charge in [-0.05, 0) is 32.1 Å². The zero-order chi connectivity index (χ0) is 16.6. The third-order valence-electron chi connectivity index (χ3n) is 4.63. The number of aliphatic imine (C=N–C) groups is 1. The fraction of sp³-hybridized carbons (Fsp3) is 0.765. The van der Waals surface area contributed by atoms with E-state index in [2.05, 4.69) is 20.2 Å². The second kappa shape index (κ2) is 11.3. The first kappa shape index (κ1) is 20.9. The van der Waals surface area contributed by atoms with Gasteiger partial charge in [0.1, 0.15) is 5.01 Å². The topological polar surface area (TPSA) is 59.0 Å². The number of aromatic nitrogens is 1. The molecule has 1 aromatic rings. The Morgan fingerprint density at radius 2 is 2.24 bits per heavy atom. The summed E-state index contributed by atoms with van der Waals surface area (Å²) in [5, 5.41) is 6.49. The second-order valence-electron chi connectivity index (χ2n) is 6.33. The van der Waals surface area contributed by atoms with Crippen molar-refractivity contribution in [1.29, 1.82) is 0 Å². The summed E-state index contributed by atoms with van der Waals surface area (Å²) in [7, 11) is 1.84. The van der Waals surface area contributed by atoms with E-state index < -0.39 is 0 Å². The Morgan fingerprint density at radius 1 is 1.40 bits per heavy atom. The average Bonchev–Trinajstić information content (AvgIpc) is 3.16. The number of nitrogens with zero attached hydrogens (tertiary/aromatic N) is 3. The predicted molar refractivity (Wildman–Crippen MR) is 112 cm³/mol. The van der Waals surface area contributed by atoms with Crippen molar-refractivity contribution in [3.05, 3.63) is 16.6 Å². The van der Waals surface area contributed by atoms with Gasteiger partial charge in [-0.3, -0.25) is 4.99 Å². The molecule has 1 unspecified atom stereocenters. The van der Waals surface area contributed by atoms with Gasteiger partial charge in [-0.1, -0.05) is 0 Å². The van der Waals surface area contributed by atoms with Gasteiger partial charge in [0, 0.05) is 38.3 Å². The van der Waals surface area contributed by atoms with Gasteiger partial charge in [-0.2, -0.15) is 0 Å². The fourth-order valence-electron chi connectivity index (χ4n) is 3.24. The first-order valence-corrected chi connectivity index (χ1v) is 9.80. The van der Waals surface area contributed by atoms with Crippen LogP contribution in [0, 0.1) is 0 Å². The van der Waals surface area contributed by atoms with Crippen LogP contribution in [-0.2, 0) is 16.0 Å². The summed E-state index contributed by atoms with van der Waals surface area (Å²) in [5.74, 6) is 0.958. The van der Waals surface area contributed by atoms with E-state index in [0.29, 0.717) is 12.2 Å². The number of piperidine rings is 1. The van der Waals surface area contributed by atoms with Crippen molar-refractivity contribution in [2.75, 3.05) is 33.4 Å². The molecule has 1 aromatic heterocycles. The van der Waals surface area contributed by atoms with Gasteiger partial charge in [0.05, 0.1) is 25.4 Å². The lowest BCUT2D eigenvalue weighted by Crippen LogP contribution is -2.47. The van der Waals surface area contributed by atoms with Gasteiger partial charge in [-0.15, -0.1) is 35.3 Å². The van der Waals surface area contributed by atoms with Crippen molar-refractivity contribution < 1.29 is 9.47 Å². The molecule has 3 rings (SSSR count). The van der Waals surface area contributed by atoms with Crippen molar-refractivity contribution in [1.82, 2.24) is 15.2 Å². The third-order valence-corrected chi connectivity index (χ3v) is 5.41. The van der Waals surface area contributed by atoms with Crippen molar-refractivity contribution in [2.45, 2.75) is 50.9 Å². The number of nitrogens with one attached hydrogen (secondary N) is 1. The van der Waals surface area contributed by atoms with Crippen LogP contribution in [0.4, 0.5) is 0 Å². The number of hydrogen-bond donors (Lipinski definition) is 1. The van der Waals surface area contributed by atoms with Crippen molar-refractivity contribution in [3.8, 4) is 0 Å². The van der Waals surface area contributed by atoms with Gasteiger partial charge in [0.2, 0.25) is 0 Å². The molecule has 6 nitrogen and oxygen atoms in total. The molecule has 8 heteroatoms. The van der Waals surface area contributed by atoms with Gasteiger partial charge < -0.3 is 19.7 Å². The van der Waals surface area contributed by atoms with Gasteiger partial charge >= 0.3 is 0 Å². The van der Waals surface area contributed by atoms with E-state index >= 15 is 0 Å². The maximum atomic E-state index is 6.08. The normalized spacial score (nSPS) is 22.5. The van der Waals surface area contributed by atoms with Gasteiger partial charge in [-0.25, -0.2) is 4.98 Å². The molecular weight excluding hydrogens is 451 g/mol. The smallest absolute Gasteiger partial charge is 0.193 e. The van der Waals surface area contributed by atoms with Crippen LogP contribution in [-0.4, -0.2) is 61.4 Å². The lowest BCUT2D eigenvalue weighted by atomic mass is 10.1. The quantitative estimate of drug-likeness (QED) is 0.399. The number of rotatable bonds is 5. The molecule has 2 aliphatic heterocycles. The molecular formula is C17H29IN4O2S. The first-order chi connectivity index (χ1) is 11.8. The summed E-state index contributed by atoms with van der Waals surface area (Å²) in [5.41, 5.74) is 0. The molecule has 0 bridgehead atoms. The Bertz CT molecular complexity index is 501. The first-order valence-electron chi connectivity index (χ1n) is 8.92. The number of guanidine groups is 1. The molecule has 0 aliphatic carbocycles. The highest BCUT2D eigenvalue weighted by Gasteiger charge is 2.23. The number of hydrogen-bond acceptors (Lipinski definition) is 5. The Balaban J connectivity index is 0.00000225. The zero-order valence-electron chi connectivity index (χ0n) is 14.9. The van der Waals surface area contributed by atoms with Crippen LogP contribution in [0.1, 0.15) is 37.1 Å². The summed E-state index contributed by atoms with van der Waals surface area (Å²) in [6.07, 6.45) is 8.20. The molecule has 1 N–H and O–H groups in total. The standard InChI is InChI=1S/C17H28N4O2S.HI/c1-18-17(20-12-16-19-7-11-24-16)21-8-5-14(6-9-21)23-13-15-4-2-3-10-22-15;/h7,11,14-15H,2-6,8-10,12-13H2,1H3,(H,18,20);1H. The summed E-state index contributed by atoms with van der Waals surface area (Å²) in [6.45, 7) is 4.34. The highest BCUT2D eigenvalue weighted by molar-refractivity contribution is 14.0. The maximum Gasteiger partial charge on any atom is 0.193 e. The van der Waals surface area contributed by atoms with Crippen LogP contribution >= 0.6 is 35.3 Å². The van der Waals surface area contributed by atoms with Crippen LogP contribution < -0.4 is 5.32 Å². The van der Waals surface area contributed by atoms with E-state index in [0.717, 1.165) is 63.1 Å². The van der Waals surface area contributed by atoms with Crippen LogP contribution in [0.25, 0.3) is 0 Å². The monoisotopic (exact) mass is 480 g/mol. The molecule has 3 heterocycles. The van der Waals surface area contributed by atoms with E-state index in [-0.39, 0.29) is 24.0 Å².